The lowest BCUT2D eigenvalue weighted by Gasteiger charge is -2.12. The minimum Gasteiger partial charge on any atom is -0.395 e. The Morgan fingerprint density at radius 2 is 1.85 bits per heavy atom. The van der Waals surface area contributed by atoms with Crippen LogP contribution in [0.1, 0.15) is 41.4 Å². The fraction of sp³-hybridized carbons (Fsp3) is 0.304. The predicted molar refractivity (Wildman–Crippen MR) is 133 cm³/mol. The topological polar surface area (TPSA) is 112 Å². The molecule has 174 valence electrons. The molecule has 1 aromatic carbocycles. The largest absolute Gasteiger partial charge is 0.395 e. The molecule has 0 atom stereocenters. The van der Waals surface area contributed by atoms with Gasteiger partial charge in [-0.1, -0.05) is 36.5 Å². The molecule has 0 aliphatic carbocycles. The van der Waals surface area contributed by atoms with E-state index in [0.717, 1.165) is 30.5 Å². The summed E-state index contributed by atoms with van der Waals surface area (Å²) >= 11 is 12.7. The van der Waals surface area contributed by atoms with Crippen LogP contribution in [0.4, 0.5) is 23.3 Å². The Morgan fingerprint density at radius 3 is 2.55 bits per heavy atom. The van der Waals surface area contributed by atoms with Crippen LogP contribution in [0.5, 0.6) is 0 Å². The van der Waals surface area contributed by atoms with Crippen LogP contribution in [0.15, 0.2) is 36.5 Å². The van der Waals surface area contributed by atoms with Crippen molar-refractivity contribution >= 4 is 52.4 Å². The van der Waals surface area contributed by atoms with Crippen LogP contribution in [0.25, 0.3) is 0 Å². The molecule has 0 saturated heterocycles. The third-order valence-electron chi connectivity index (χ3n) is 4.67. The Balaban J connectivity index is 1.74. The van der Waals surface area contributed by atoms with Gasteiger partial charge in [0.05, 0.1) is 22.2 Å². The summed E-state index contributed by atoms with van der Waals surface area (Å²) in [6, 6.07) is 8.68. The number of aliphatic hydroxyl groups is 1. The summed E-state index contributed by atoms with van der Waals surface area (Å²) in [7, 11) is 0. The van der Waals surface area contributed by atoms with E-state index in [1.165, 1.54) is 0 Å². The highest BCUT2D eigenvalue weighted by atomic mass is 35.5. The molecule has 0 radical (unpaired) electrons. The molecule has 0 spiro atoms. The van der Waals surface area contributed by atoms with E-state index in [1.807, 2.05) is 6.92 Å². The number of halogens is 2. The van der Waals surface area contributed by atoms with Gasteiger partial charge in [0.15, 0.2) is 0 Å². The highest BCUT2D eigenvalue weighted by Crippen LogP contribution is 2.29. The minimum atomic E-state index is -0.405. The number of hydrogen-bond acceptors (Lipinski definition) is 7. The Bertz CT molecular complexity index is 1100. The number of benzene rings is 1. The first-order chi connectivity index (χ1) is 15.9. The third kappa shape index (κ3) is 7.02. The van der Waals surface area contributed by atoms with E-state index >= 15 is 0 Å². The van der Waals surface area contributed by atoms with Gasteiger partial charge in [-0.05, 0) is 43.5 Å². The Kier molecular flexibility index (Phi) is 8.82. The van der Waals surface area contributed by atoms with Crippen LogP contribution < -0.4 is 16.0 Å². The van der Waals surface area contributed by atoms with Gasteiger partial charge < -0.3 is 21.1 Å². The molecular formula is C23H26Cl2N6O2. The van der Waals surface area contributed by atoms with Crippen molar-refractivity contribution in [3.05, 3.63) is 63.4 Å². The number of rotatable bonds is 10. The number of carbonyl (C=O) groups is 1. The molecule has 0 fully saturated rings. The average Bonchev–Trinajstić information content (AvgIpc) is 2.75. The molecule has 10 heteroatoms. The summed E-state index contributed by atoms with van der Waals surface area (Å²) in [4.78, 5) is 25.8. The first-order valence-electron chi connectivity index (χ1n) is 10.6. The number of nitrogens with zero attached hydrogens (tertiary/aromatic N) is 3. The minimum absolute atomic E-state index is 0.0289. The fourth-order valence-corrected chi connectivity index (χ4v) is 3.85. The molecule has 0 saturated carbocycles. The average molecular weight is 489 g/mol. The number of aromatic nitrogens is 3. The standard InChI is InChI=1S/C23H26Cl2N6O2/c1-3-4-5-15-11-17(24)21(18(25)12-15)22(33)29-16-6-7-26-19(13-16)30-20-10-14(2)28-23(31-20)27-8-9-32/h6-7,10-13,32H,3-5,8-9H2,1-2H3,(H3,26,27,28,29,30,31,33). The molecule has 4 N–H and O–H groups in total. The number of amides is 1. The van der Waals surface area contributed by atoms with Crippen molar-refractivity contribution in [2.45, 2.75) is 33.1 Å². The molecule has 8 nitrogen and oxygen atoms in total. The van der Waals surface area contributed by atoms with E-state index in [1.54, 1.807) is 36.5 Å². The van der Waals surface area contributed by atoms with Gasteiger partial charge in [0.2, 0.25) is 5.95 Å². The maximum atomic E-state index is 12.9. The SMILES string of the molecule is CCCCc1cc(Cl)c(C(=O)Nc2ccnc(Nc3cc(C)nc(NCCO)n3)c2)c(Cl)c1. The molecular weight excluding hydrogens is 463 g/mol. The molecule has 2 heterocycles. The quantitative estimate of drug-likeness (QED) is 0.309. The molecule has 33 heavy (non-hydrogen) atoms. The Labute approximate surface area is 202 Å². The summed E-state index contributed by atoms with van der Waals surface area (Å²) in [5.41, 5.74) is 2.50. The number of hydrogen-bond donors (Lipinski definition) is 4. The highest BCUT2D eigenvalue weighted by molar-refractivity contribution is 6.40. The van der Waals surface area contributed by atoms with E-state index in [4.69, 9.17) is 28.3 Å². The van der Waals surface area contributed by atoms with Gasteiger partial charge in [-0.25, -0.2) is 9.97 Å². The maximum absolute atomic E-state index is 12.9. The molecule has 1 amide bonds. The van der Waals surface area contributed by atoms with E-state index in [0.29, 0.717) is 39.9 Å². The Morgan fingerprint density at radius 1 is 1.09 bits per heavy atom. The number of nitrogens with one attached hydrogen (secondary N) is 3. The van der Waals surface area contributed by atoms with Crippen LogP contribution in [0.3, 0.4) is 0 Å². The maximum Gasteiger partial charge on any atom is 0.258 e. The van der Waals surface area contributed by atoms with Crippen molar-refractivity contribution in [1.29, 1.82) is 0 Å². The van der Waals surface area contributed by atoms with E-state index in [9.17, 15) is 4.79 Å². The smallest absolute Gasteiger partial charge is 0.258 e. The van der Waals surface area contributed by atoms with Crippen LogP contribution >= 0.6 is 23.2 Å². The fourth-order valence-electron chi connectivity index (χ4n) is 3.15. The summed E-state index contributed by atoms with van der Waals surface area (Å²) in [5.74, 6) is 0.985. The van der Waals surface area contributed by atoms with Gasteiger partial charge in [0.25, 0.3) is 5.91 Å². The molecule has 0 unspecified atom stereocenters. The number of carbonyl (C=O) groups excluding carboxylic acids is 1. The first kappa shape index (κ1) is 24.7. The van der Waals surface area contributed by atoms with Gasteiger partial charge in [0.1, 0.15) is 11.6 Å². The second-order valence-electron chi connectivity index (χ2n) is 7.42. The monoisotopic (exact) mass is 488 g/mol. The van der Waals surface area contributed by atoms with Gasteiger partial charge >= 0.3 is 0 Å². The summed E-state index contributed by atoms with van der Waals surface area (Å²) in [6.45, 7) is 4.26. The van der Waals surface area contributed by atoms with Crippen LogP contribution in [0.2, 0.25) is 10.0 Å². The number of anilines is 4. The van der Waals surface area contributed by atoms with Crippen LogP contribution in [0, 0.1) is 6.92 Å². The van der Waals surface area contributed by atoms with Gasteiger partial charge in [-0.3, -0.25) is 4.79 Å². The van der Waals surface area contributed by atoms with Crippen molar-refractivity contribution in [3.63, 3.8) is 0 Å². The van der Waals surface area contributed by atoms with E-state index in [-0.39, 0.29) is 12.2 Å². The molecule has 2 aromatic heterocycles. The lowest BCUT2D eigenvalue weighted by molar-refractivity contribution is 0.102. The highest BCUT2D eigenvalue weighted by Gasteiger charge is 2.17. The van der Waals surface area contributed by atoms with Gasteiger partial charge in [-0.15, -0.1) is 0 Å². The van der Waals surface area contributed by atoms with Crippen LogP contribution in [-0.4, -0.2) is 39.1 Å². The van der Waals surface area contributed by atoms with E-state index in [2.05, 4.69) is 37.8 Å². The molecule has 0 aliphatic heterocycles. The van der Waals surface area contributed by atoms with Crippen molar-refractivity contribution in [2.75, 3.05) is 29.1 Å². The third-order valence-corrected chi connectivity index (χ3v) is 5.27. The first-order valence-corrected chi connectivity index (χ1v) is 11.4. The summed E-state index contributed by atoms with van der Waals surface area (Å²) in [5, 5.41) is 18.5. The molecule has 3 rings (SSSR count). The molecule has 3 aromatic rings. The second kappa shape index (κ2) is 11.8. The molecule has 0 bridgehead atoms. The van der Waals surface area contributed by atoms with Crippen molar-refractivity contribution in [2.24, 2.45) is 0 Å². The van der Waals surface area contributed by atoms with Gasteiger partial charge in [0, 0.05) is 36.3 Å². The lowest BCUT2D eigenvalue weighted by Crippen LogP contribution is -2.14. The Hall–Kier alpha value is -2.94. The van der Waals surface area contributed by atoms with E-state index < -0.39 is 5.91 Å². The van der Waals surface area contributed by atoms with Crippen molar-refractivity contribution < 1.29 is 9.90 Å². The number of aliphatic hydroxyl groups excluding tert-OH is 1. The summed E-state index contributed by atoms with van der Waals surface area (Å²) < 4.78 is 0. The number of pyridine rings is 1. The van der Waals surface area contributed by atoms with Crippen molar-refractivity contribution in [3.8, 4) is 0 Å². The lowest BCUT2D eigenvalue weighted by atomic mass is 10.1. The zero-order valence-corrected chi connectivity index (χ0v) is 20.0. The zero-order valence-electron chi connectivity index (χ0n) is 18.5. The molecule has 0 aliphatic rings. The zero-order chi connectivity index (χ0) is 23.8. The predicted octanol–water partition coefficient (Wildman–Crippen LogP) is 5.23. The van der Waals surface area contributed by atoms with Crippen molar-refractivity contribution in [1.82, 2.24) is 15.0 Å². The number of aryl methyl sites for hydroxylation is 2. The summed E-state index contributed by atoms with van der Waals surface area (Å²) in [6.07, 6.45) is 4.51. The van der Waals surface area contributed by atoms with Crippen LogP contribution in [-0.2, 0) is 6.42 Å². The number of unbranched alkanes of at least 4 members (excludes halogenated alkanes) is 1. The second-order valence-corrected chi connectivity index (χ2v) is 8.23. The van der Waals surface area contributed by atoms with Gasteiger partial charge in [-0.2, -0.15) is 4.98 Å². The normalized spacial score (nSPS) is 10.7.